The predicted octanol–water partition coefficient (Wildman–Crippen LogP) is 9.77. The van der Waals surface area contributed by atoms with Gasteiger partial charge in [0.1, 0.15) is 5.75 Å². The van der Waals surface area contributed by atoms with Crippen LogP contribution < -0.4 is 4.74 Å². The number of benzene rings is 1. The normalized spacial score (nSPS) is 26.2. The standard InChI is InChI=1S/C31H52O/c1-3-5-10-26-15-17-27(18-16-26)19-20-28-21-23-31(24-22-28)32-25-9-14-30-13-8-7-12-29(30)11-6-4-2/h21-24,26-27,29-30H,3-20,25H2,1-2H3. The van der Waals surface area contributed by atoms with E-state index in [2.05, 4.69) is 38.1 Å². The molecular formula is C31H52O. The molecule has 2 fully saturated rings. The quantitative estimate of drug-likeness (QED) is 0.261. The number of aryl methyl sites for hydroxylation is 1. The topological polar surface area (TPSA) is 9.23 Å². The first-order valence-corrected chi connectivity index (χ1v) is 14.5. The number of rotatable bonds is 14. The van der Waals surface area contributed by atoms with Gasteiger partial charge < -0.3 is 4.74 Å². The fraction of sp³-hybridized carbons (Fsp3) is 0.806. The van der Waals surface area contributed by atoms with Crippen molar-refractivity contribution in [1.29, 1.82) is 0 Å². The Morgan fingerprint density at radius 2 is 1.22 bits per heavy atom. The second kappa shape index (κ2) is 15.0. The summed E-state index contributed by atoms with van der Waals surface area (Å²) in [5.74, 6) is 5.02. The van der Waals surface area contributed by atoms with E-state index in [0.29, 0.717) is 0 Å². The lowest BCUT2D eigenvalue weighted by atomic mass is 9.75. The van der Waals surface area contributed by atoms with Crippen molar-refractivity contribution in [2.75, 3.05) is 6.61 Å². The highest BCUT2D eigenvalue weighted by Crippen LogP contribution is 2.36. The maximum absolute atomic E-state index is 6.11. The Kier molecular flexibility index (Phi) is 12.0. The van der Waals surface area contributed by atoms with Crippen LogP contribution in [-0.4, -0.2) is 6.61 Å². The van der Waals surface area contributed by atoms with Crippen molar-refractivity contribution in [3.05, 3.63) is 29.8 Å². The van der Waals surface area contributed by atoms with Crippen molar-refractivity contribution in [3.63, 3.8) is 0 Å². The fourth-order valence-electron chi connectivity index (χ4n) is 6.47. The van der Waals surface area contributed by atoms with Crippen LogP contribution in [0.1, 0.15) is 129 Å². The van der Waals surface area contributed by atoms with Crippen LogP contribution in [0.2, 0.25) is 0 Å². The van der Waals surface area contributed by atoms with Gasteiger partial charge in [0.25, 0.3) is 0 Å². The van der Waals surface area contributed by atoms with E-state index in [9.17, 15) is 0 Å². The molecule has 32 heavy (non-hydrogen) atoms. The van der Waals surface area contributed by atoms with E-state index in [1.165, 1.54) is 121 Å². The lowest BCUT2D eigenvalue weighted by Gasteiger charge is -2.31. The van der Waals surface area contributed by atoms with Crippen LogP contribution in [0, 0.1) is 23.7 Å². The van der Waals surface area contributed by atoms with Gasteiger partial charge in [-0.2, -0.15) is 0 Å². The molecule has 1 heteroatoms. The largest absolute Gasteiger partial charge is 0.494 e. The molecule has 0 N–H and O–H groups in total. The first-order chi connectivity index (χ1) is 15.8. The summed E-state index contributed by atoms with van der Waals surface area (Å²) < 4.78 is 6.11. The van der Waals surface area contributed by atoms with E-state index < -0.39 is 0 Å². The molecule has 2 atom stereocenters. The van der Waals surface area contributed by atoms with Crippen molar-refractivity contribution < 1.29 is 4.74 Å². The third-order valence-corrected chi connectivity index (χ3v) is 8.68. The van der Waals surface area contributed by atoms with Gasteiger partial charge in [0.15, 0.2) is 0 Å². The number of hydrogen-bond acceptors (Lipinski definition) is 1. The Hall–Kier alpha value is -0.980. The van der Waals surface area contributed by atoms with Gasteiger partial charge in [-0.25, -0.2) is 0 Å². The first kappa shape index (κ1) is 25.6. The lowest BCUT2D eigenvalue weighted by Crippen LogP contribution is -2.20. The van der Waals surface area contributed by atoms with Gasteiger partial charge in [0.05, 0.1) is 6.61 Å². The van der Waals surface area contributed by atoms with Gasteiger partial charge in [-0.15, -0.1) is 0 Å². The minimum absolute atomic E-state index is 0.887. The molecule has 0 bridgehead atoms. The summed E-state index contributed by atoms with van der Waals surface area (Å²) in [4.78, 5) is 0. The molecule has 2 unspecified atom stereocenters. The van der Waals surface area contributed by atoms with Gasteiger partial charge in [-0.05, 0) is 67.1 Å². The maximum Gasteiger partial charge on any atom is 0.119 e. The van der Waals surface area contributed by atoms with E-state index in [4.69, 9.17) is 4.74 Å². The van der Waals surface area contributed by atoms with E-state index in [1.807, 2.05) is 0 Å². The predicted molar refractivity (Wildman–Crippen MR) is 139 cm³/mol. The van der Waals surface area contributed by atoms with Crippen molar-refractivity contribution in [3.8, 4) is 5.75 Å². The Labute approximate surface area is 200 Å². The molecule has 0 spiro atoms. The van der Waals surface area contributed by atoms with Crippen molar-refractivity contribution in [2.45, 2.75) is 129 Å². The van der Waals surface area contributed by atoms with Crippen molar-refractivity contribution >= 4 is 0 Å². The van der Waals surface area contributed by atoms with Crippen LogP contribution in [0.25, 0.3) is 0 Å². The molecule has 0 aliphatic heterocycles. The minimum atomic E-state index is 0.887. The van der Waals surface area contributed by atoms with Crippen LogP contribution in [0.5, 0.6) is 5.75 Å². The highest BCUT2D eigenvalue weighted by Gasteiger charge is 2.24. The SMILES string of the molecule is CCCCC1CCC(CCc2ccc(OCCCC3CCCCC3CCCC)cc2)CC1. The van der Waals surface area contributed by atoms with Gasteiger partial charge >= 0.3 is 0 Å². The molecule has 0 heterocycles. The molecule has 0 aromatic heterocycles. The minimum Gasteiger partial charge on any atom is -0.494 e. The number of unbranched alkanes of at least 4 members (excludes halogenated alkanes) is 2. The lowest BCUT2D eigenvalue weighted by molar-refractivity contribution is 0.191. The molecule has 182 valence electrons. The number of ether oxygens (including phenoxy) is 1. The highest BCUT2D eigenvalue weighted by molar-refractivity contribution is 5.27. The van der Waals surface area contributed by atoms with E-state index in [0.717, 1.165) is 36.0 Å². The molecule has 0 saturated heterocycles. The molecule has 2 aliphatic carbocycles. The number of hydrogen-bond donors (Lipinski definition) is 0. The van der Waals surface area contributed by atoms with Crippen LogP contribution in [0.4, 0.5) is 0 Å². The molecule has 1 aromatic carbocycles. The average Bonchev–Trinajstić information content (AvgIpc) is 2.84. The summed E-state index contributed by atoms with van der Waals surface area (Å²) in [6.45, 7) is 5.54. The summed E-state index contributed by atoms with van der Waals surface area (Å²) in [6, 6.07) is 9.04. The van der Waals surface area contributed by atoms with Crippen molar-refractivity contribution in [2.24, 2.45) is 23.7 Å². The summed E-state index contributed by atoms with van der Waals surface area (Å²) in [5.41, 5.74) is 1.49. The van der Waals surface area contributed by atoms with Crippen LogP contribution >= 0.6 is 0 Å². The summed E-state index contributed by atoms with van der Waals surface area (Å²) in [7, 11) is 0. The zero-order valence-electron chi connectivity index (χ0n) is 21.5. The maximum atomic E-state index is 6.11. The van der Waals surface area contributed by atoms with E-state index in [-0.39, 0.29) is 0 Å². The molecular weight excluding hydrogens is 388 g/mol. The molecule has 1 aromatic rings. The molecule has 2 aliphatic rings. The highest BCUT2D eigenvalue weighted by atomic mass is 16.5. The van der Waals surface area contributed by atoms with Gasteiger partial charge in [-0.3, -0.25) is 0 Å². The summed E-state index contributed by atoms with van der Waals surface area (Å²) in [6.07, 6.45) is 25.5. The average molecular weight is 441 g/mol. The summed E-state index contributed by atoms with van der Waals surface area (Å²) in [5, 5.41) is 0. The fourth-order valence-corrected chi connectivity index (χ4v) is 6.47. The third-order valence-electron chi connectivity index (χ3n) is 8.68. The Morgan fingerprint density at radius 1 is 0.656 bits per heavy atom. The second-order valence-corrected chi connectivity index (χ2v) is 11.1. The van der Waals surface area contributed by atoms with E-state index in [1.54, 1.807) is 0 Å². The Balaban J connectivity index is 1.28. The smallest absolute Gasteiger partial charge is 0.119 e. The Morgan fingerprint density at radius 3 is 1.84 bits per heavy atom. The first-order valence-electron chi connectivity index (χ1n) is 14.5. The summed E-state index contributed by atoms with van der Waals surface area (Å²) >= 11 is 0. The Bertz CT molecular complexity index is 583. The van der Waals surface area contributed by atoms with E-state index >= 15 is 0 Å². The van der Waals surface area contributed by atoms with Gasteiger partial charge in [0.2, 0.25) is 0 Å². The van der Waals surface area contributed by atoms with Crippen LogP contribution in [0.3, 0.4) is 0 Å². The third kappa shape index (κ3) is 9.11. The molecule has 2 saturated carbocycles. The van der Waals surface area contributed by atoms with Crippen molar-refractivity contribution in [1.82, 2.24) is 0 Å². The molecule has 1 nitrogen and oxygen atoms in total. The zero-order valence-corrected chi connectivity index (χ0v) is 21.5. The van der Waals surface area contributed by atoms with Gasteiger partial charge in [0, 0.05) is 0 Å². The van der Waals surface area contributed by atoms with Gasteiger partial charge in [-0.1, -0.05) is 116 Å². The van der Waals surface area contributed by atoms with Crippen LogP contribution in [0.15, 0.2) is 24.3 Å². The second-order valence-electron chi connectivity index (χ2n) is 11.1. The monoisotopic (exact) mass is 440 g/mol. The zero-order chi connectivity index (χ0) is 22.4. The molecule has 0 radical (unpaired) electrons. The molecule has 0 amide bonds. The molecule has 3 rings (SSSR count). The van der Waals surface area contributed by atoms with Crippen LogP contribution in [-0.2, 0) is 6.42 Å².